The third-order valence-electron chi connectivity index (χ3n) is 6.13. The highest BCUT2D eigenvalue weighted by Gasteiger charge is 2.47. The number of fused-ring (bicyclic) bond motifs is 2. The van der Waals surface area contributed by atoms with E-state index in [1.54, 1.807) is 13.0 Å². The summed E-state index contributed by atoms with van der Waals surface area (Å²) in [6, 6.07) is 5.56. The molecule has 1 saturated carbocycles. The van der Waals surface area contributed by atoms with Crippen molar-refractivity contribution in [2.45, 2.75) is 51.1 Å². The lowest BCUT2D eigenvalue weighted by atomic mass is 9.87. The molecule has 2 amide bonds. The summed E-state index contributed by atoms with van der Waals surface area (Å²) in [7, 11) is 0. The summed E-state index contributed by atoms with van der Waals surface area (Å²) < 4.78 is 0. The van der Waals surface area contributed by atoms with Crippen LogP contribution in [0.5, 0.6) is 0 Å². The summed E-state index contributed by atoms with van der Waals surface area (Å²) in [6.45, 7) is 1.54. The molecule has 2 aliphatic carbocycles. The monoisotopic (exact) mass is 395 g/mol. The molecule has 6 heteroatoms. The minimum Gasteiger partial charge on any atom is -0.349 e. The minimum absolute atomic E-state index is 0.0237. The number of hydrogen-bond donors (Lipinski definition) is 1. The molecule has 2 heterocycles. The molecule has 0 spiro atoms. The number of aromatic nitrogens is 1. The third kappa shape index (κ3) is 2.80. The van der Waals surface area contributed by atoms with Crippen molar-refractivity contribution < 1.29 is 9.59 Å². The number of nitrogens with one attached hydrogen (secondary N) is 1. The standard InChI is InChI=1S/C22H22ClN3O2/c1-12(27)25-19-4-2-3-15-18(19)10-24-11-20(15)26-21(13-5-6-13)17-9-14(23)7-8-16(17)22(26)28/h7-11,13,19,21H,2-6H2,1H3,(H,25,27)/t19-,21-/m1/s1. The second-order valence-corrected chi connectivity index (χ2v) is 8.50. The van der Waals surface area contributed by atoms with Crippen LogP contribution in [-0.2, 0) is 11.2 Å². The smallest absolute Gasteiger partial charge is 0.259 e. The lowest BCUT2D eigenvalue weighted by molar-refractivity contribution is -0.119. The molecular weight excluding hydrogens is 374 g/mol. The number of hydrogen-bond acceptors (Lipinski definition) is 3. The zero-order valence-corrected chi connectivity index (χ0v) is 16.5. The predicted octanol–water partition coefficient (Wildman–Crippen LogP) is 4.36. The molecule has 1 fully saturated rings. The van der Waals surface area contributed by atoms with E-state index in [4.69, 9.17) is 11.6 Å². The maximum Gasteiger partial charge on any atom is 0.259 e. The molecule has 1 aromatic heterocycles. The van der Waals surface area contributed by atoms with Crippen molar-refractivity contribution >= 4 is 29.1 Å². The van der Waals surface area contributed by atoms with Crippen molar-refractivity contribution in [3.05, 3.63) is 57.9 Å². The molecular formula is C22H22ClN3O2. The van der Waals surface area contributed by atoms with Gasteiger partial charge < -0.3 is 5.32 Å². The van der Waals surface area contributed by atoms with Crippen LogP contribution >= 0.6 is 11.6 Å². The summed E-state index contributed by atoms with van der Waals surface area (Å²) in [5, 5.41) is 3.70. The van der Waals surface area contributed by atoms with Crippen LogP contribution in [-0.4, -0.2) is 16.8 Å². The Morgan fingerprint density at radius 3 is 2.79 bits per heavy atom. The molecule has 2 atom stereocenters. The van der Waals surface area contributed by atoms with Gasteiger partial charge in [0.15, 0.2) is 0 Å². The van der Waals surface area contributed by atoms with Crippen molar-refractivity contribution in [1.29, 1.82) is 0 Å². The Morgan fingerprint density at radius 2 is 2.04 bits per heavy atom. The fourth-order valence-electron chi connectivity index (χ4n) is 4.81. The first-order valence-corrected chi connectivity index (χ1v) is 10.3. The maximum absolute atomic E-state index is 13.4. The van der Waals surface area contributed by atoms with Gasteiger partial charge in [-0.25, -0.2) is 0 Å². The van der Waals surface area contributed by atoms with Gasteiger partial charge in [0.25, 0.3) is 5.91 Å². The zero-order valence-electron chi connectivity index (χ0n) is 15.7. The second kappa shape index (κ2) is 6.59. The molecule has 3 aliphatic rings. The summed E-state index contributed by atoms with van der Waals surface area (Å²) in [5.41, 5.74) is 4.84. The molecule has 0 radical (unpaired) electrons. The van der Waals surface area contributed by atoms with E-state index in [9.17, 15) is 9.59 Å². The second-order valence-electron chi connectivity index (χ2n) is 8.06. The zero-order chi connectivity index (χ0) is 19.4. The van der Waals surface area contributed by atoms with Crippen LogP contribution in [0, 0.1) is 5.92 Å². The van der Waals surface area contributed by atoms with Gasteiger partial charge in [-0.2, -0.15) is 0 Å². The summed E-state index contributed by atoms with van der Waals surface area (Å²) in [5.74, 6) is 0.452. The first-order valence-electron chi connectivity index (χ1n) is 9.91. The fraction of sp³-hybridized carbons (Fsp3) is 0.409. The van der Waals surface area contributed by atoms with Crippen molar-refractivity contribution in [3.8, 4) is 0 Å². The number of amides is 2. The van der Waals surface area contributed by atoms with Gasteiger partial charge in [0.05, 0.1) is 24.0 Å². The van der Waals surface area contributed by atoms with Crippen molar-refractivity contribution in [2.24, 2.45) is 5.92 Å². The molecule has 2 aromatic rings. The van der Waals surface area contributed by atoms with E-state index >= 15 is 0 Å². The van der Waals surface area contributed by atoms with E-state index in [1.807, 2.05) is 29.4 Å². The summed E-state index contributed by atoms with van der Waals surface area (Å²) in [6.07, 6.45) is 8.67. The highest BCUT2D eigenvalue weighted by Crippen LogP contribution is 2.52. The highest BCUT2D eigenvalue weighted by atomic mass is 35.5. The first kappa shape index (κ1) is 17.7. The van der Waals surface area contributed by atoms with Crippen LogP contribution < -0.4 is 10.2 Å². The number of benzene rings is 1. The number of pyridine rings is 1. The highest BCUT2D eigenvalue weighted by molar-refractivity contribution is 6.31. The van der Waals surface area contributed by atoms with Gasteiger partial charge in [-0.3, -0.25) is 19.5 Å². The van der Waals surface area contributed by atoms with E-state index in [2.05, 4.69) is 10.3 Å². The van der Waals surface area contributed by atoms with Gasteiger partial charge in [-0.1, -0.05) is 11.6 Å². The molecule has 0 unspecified atom stereocenters. The quantitative estimate of drug-likeness (QED) is 0.839. The lowest BCUT2D eigenvalue weighted by Crippen LogP contribution is -2.33. The van der Waals surface area contributed by atoms with E-state index < -0.39 is 0 Å². The van der Waals surface area contributed by atoms with E-state index in [1.165, 1.54) is 0 Å². The number of nitrogens with zero attached hydrogens (tertiary/aromatic N) is 2. The number of rotatable bonds is 3. The fourth-order valence-corrected chi connectivity index (χ4v) is 4.99. The van der Waals surface area contributed by atoms with Crippen LogP contribution in [0.1, 0.15) is 71.7 Å². The van der Waals surface area contributed by atoms with E-state index in [0.29, 0.717) is 10.9 Å². The Hall–Kier alpha value is -2.40. The Labute approximate surface area is 169 Å². The van der Waals surface area contributed by atoms with E-state index in [0.717, 1.165) is 60.0 Å². The number of carbonyl (C=O) groups excluding carboxylic acids is 2. The van der Waals surface area contributed by atoms with Crippen LogP contribution in [0.25, 0.3) is 0 Å². The maximum atomic E-state index is 13.4. The van der Waals surface area contributed by atoms with Crippen molar-refractivity contribution in [3.63, 3.8) is 0 Å². The van der Waals surface area contributed by atoms with Gasteiger partial charge in [-0.05, 0) is 72.9 Å². The topological polar surface area (TPSA) is 62.3 Å². The lowest BCUT2D eigenvalue weighted by Gasteiger charge is -2.32. The summed E-state index contributed by atoms with van der Waals surface area (Å²) >= 11 is 6.26. The van der Waals surface area contributed by atoms with Gasteiger partial charge in [0.2, 0.25) is 5.91 Å². The normalized spacial score (nSPS) is 23.4. The Morgan fingerprint density at radius 1 is 1.21 bits per heavy atom. The summed E-state index contributed by atoms with van der Waals surface area (Å²) in [4.78, 5) is 31.4. The van der Waals surface area contributed by atoms with Crippen LogP contribution in [0.2, 0.25) is 5.02 Å². The molecule has 5 rings (SSSR count). The molecule has 0 bridgehead atoms. The molecule has 1 aliphatic heterocycles. The SMILES string of the molecule is CC(=O)N[C@@H]1CCCc2c1cncc2N1C(=O)c2ccc(Cl)cc2[C@H]1C1CC1. The molecule has 1 aromatic carbocycles. The van der Waals surface area contributed by atoms with Crippen LogP contribution in [0.15, 0.2) is 30.6 Å². The molecule has 1 N–H and O–H groups in total. The molecule has 0 saturated heterocycles. The van der Waals surface area contributed by atoms with Crippen LogP contribution in [0.4, 0.5) is 5.69 Å². The Bertz CT molecular complexity index is 986. The van der Waals surface area contributed by atoms with Crippen molar-refractivity contribution in [2.75, 3.05) is 4.90 Å². The molecule has 144 valence electrons. The van der Waals surface area contributed by atoms with Gasteiger partial charge in [0, 0.05) is 23.7 Å². The Balaban J connectivity index is 1.62. The van der Waals surface area contributed by atoms with E-state index in [-0.39, 0.29) is 23.9 Å². The first-order chi connectivity index (χ1) is 13.5. The third-order valence-corrected chi connectivity index (χ3v) is 6.36. The molecule has 5 nitrogen and oxygen atoms in total. The number of anilines is 1. The largest absolute Gasteiger partial charge is 0.349 e. The van der Waals surface area contributed by atoms with Gasteiger partial charge in [0.1, 0.15) is 0 Å². The number of carbonyl (C=O) groups is 2. The average molecular weight is 396 g/mol. The van der Waals surface area contributed by atoms with Gasteiger partial charge >= 0.3 is 0 Å². The van der Waals surface area contributed by atoms with Crippen molar-refractivity contribution in [1.82, 2.24) is 10.3 Å². The Kier molecular flexibility index (Phi) is 4.16. The average Bonchev–Trinajstić information content (AvgIpc) is 3.46. The predicted molar refractivity (Wildman–Crippen MR) is 107 cm³/mol. The molecule has 28 heavy (non-hydrogen) atoms. The van der Waals surface area contributed by atoms with Crippen LogP contribution in [0.3, 0.4) is 0 Å². The van der Waals surface area contributed by atoms with Gasteiger partial charge in [-0.15, -0.1) is 0 Å². The minimum atomic E-state index is -0.0431. The number of halogens is 1.